The normalized spacial score (nSPS) is 25.8. The summed E-state index contributed by atoms with van der Waals surface area (Å²) >= 11 is 0. The van der Waals surface area contributed by atoms with Gasteiger partial charge in [0, 0.05) is 0 Å². The number of nitrogens with one attached hydrogen (secondary N) is 1. The third-order valence-corrected chi connectivity index (χ3v) is 2.64. The predicted octanol–water partition coefficient (Wildman–Crippen LogP) is 1.08. The number of aliphatic hydroxyl groups is 1. The molecule has 0 heterocycles. The minimum absolute atomic E-state index is 0.145. The molecule has 2 unspecified atom stereocenters. The van der Waals surface area contributed by atoms with Gasteiger partial charge in [-0.3, -0.25) is 4.79 Å². The molecule has 0 radical (unpaired) electrons. The van der Waals surface area contributed by atoms with Gasteiger partial charge in [0.25, 0.3) is 0 Å². The van der Waals surface area contributed by atoms with Gasteiger partial charge in [0.15, 0.2) is 0 Å². The standard InChI is InChI=1S/C12H23NO3/c1-12(2,3)16-11(15)8-13-7-9-4-5-10(14)6-9/h9-10,13-14H,4-8H2,1-3H3. The summed E-state index contributed by atoms with van der Waals surface area (Å²) in [4.78, 5) is 11.4. The highest BCUT2D eigenvalue weighted by Gasteiger charge is 2.22. The van der Waals surface area contributed by atoms with Crippen LogP contribution in [0.15, 0.2) is 0 Å². The summed E-state index contributed by atoms with van der Waals surface area (Å²) in [6.07, 6.45) is 2.64. The molecule has 16 heavy (non-hydrogen) atoms. The predicted molar refractivity (Wildman–Crippen MR) is 62.1 cm³/mol. The molecule has 0 aromatic heterocycles. The van der Waals surface area contributed by atoms with Crippen LogP contribution in [0.25, 0.3) is 0 Å². The van der Waals surface area contributed by atoms with Gasteiger partial charge >= 0.3 is 5.97 Å². The zero-order chi connectivity index (χ0) is 12.2. The Bertz CT molecular complexity index is 235. The third kappa shape index (κ3) is 5.47. The molecule has 2 N–H and O–H groups in total. The average molecular weight is 229 g/mol. The molecule has 1 aliphatic carbocycles. The van der Waals surface area contributed by atoms with E-state index in [1.54, 1.807) is 0 Å². The fourth-order valence-electron chi connectivity index (χ4n) is 1.99. The lowest BCUT2D eigenvalue weighted by Crippen LogP contribution is -2.33. The first-order valence-electron chi connectivity index (χ1n) is 5.97. The van der Waals surface area contributed by atoms with Crippen LogP contribution in [-0.4, -0.2) is 35.9 Å². The Morgan fingerprint density at radius 1 is 1.44 bits per heavy atom. The van der Waals surface area contributed by atoms with E-state index >= 15 is 0 Å². The van der Waals surface area contributed by atoms with Gasteiger partial charge < -0.3 is 15.2 Å². The van der Waals surface area contributed by atoms with Crippen LogP contribution in [0.3, 0.4) is 0 Å². The summed E-state index contributed by atoms with van der Waals surface area (Å²) in [5.74, 6) is 0.281. The maximum atomic E-state index is 11.4. The highest BCUT2D eigenvalue weighted by Crippen LogP contribution is 2.24. The average Bonchev–Trinajstić information content (AvgIpc) is 2.48. The quantitative estimate of drug-likeness (QED) is 0.708. The van der Waals surface area contributed by atoms with E-state index in [4.69, 9.17) is 4.74 Å². The number of carbonyl (C=O) groups excluding carboxylic acids is 1. The van der Waals surface area contributed by atoms with Crippen molar-refractivity contribution < 1.29 is 14.6 Å². The minimum atomic E-state index is -0.414. The first-order valence-corrected chi connectivity index (χ1v) is 5.97. The maximum Gasteiger partial charge on any atom is 0.320 e. The fraction of sp³-hybridized carbons (Fsp3) is 0.917. The smallest absolute Gasteiger partial charge is 0.320 e. The Balaban J connectivity index is 2.09. The van der Waals surface area contributed by atoms with E-state index in [1.807, 2.05) is 20.8 Å². The summed E-state index contributed by atoms with van der Waals surface area (Å²) in [7, 11) is 0. The number of hydrogen-bond donors (Lipinski definition) is 2. The molecule has 0 amide bonds. The van der Waals surface area contributed by atoms with E-state index in [0.29, 0.717) is 5.92 Å². The summed E-state index contributed by atoms with van der Waals surface area (Å²) < 4.78 is 5.17. The maximum absolute atomic E-state index is 11.4. The molecular formula is C12H23NO3. The van der Waals surface area contributed by atoms with Crippen molar-refractivity contribution in [3.8, 4) is 0 Å². The van der Waals surface area contributed by atoms with Crippen molar-refractivity contribution in [2.45, 2.75) is 51.7 Å². The zero-order valence-electron chi connectivity index (χ0n) is 10.5. The molecule has 1 fully saturated rings. The van der Waals surface area contributed by atoms with Crippen LogP contribution in [0.5, 0.6) is 0 Å². The van der Waals surface area contributed by atoms with Crippen molar-refractivity contribution in [3.05, 3.63) is 0 Å². The van der Waals surface area contributed by atoms with Gasteiger partial charge in [-0.15, -0.1) is 0 Å². The van der Waals surface area contributed by atoms with Crippen molar-refractivity contribution in [1.29, 1.82) is 0 Å². The molecule has 2 atom stereocenters. The van der Waals surface area contributed by atoms with Gasteiger partial charge in [-0.25, -0.2) is 0 Å². The highest BCUT2D eigenvalue weighted by atomic mass is 16.6. The topological polar surface area (TPSA) is 58.6 Å². The lowest BCUT2D eigenvalue weighted by Gasteiger charge is -2.20. The van der Waals surface area contributed by atoms with Crippen molar-refractivity contribution in [1.82, 2.24) is 5.32 Å². The Morgan fingerprint density at radius 3 is 2.62 bits per heavy atom. The number of hydrogen-bond acceptors (Lipinski definition) is 4. The highest BCUT2D eigenvalue weighted by molar-refractivity contribution is 5.72. The van der Waals surface area contributed by atoms with E-state index in [-0.39, 0.29) is 18.6 Å². The van der Waals surface area contributed by atoms with Crippen molar-refractivity contribution in [3.63, 3.8) is 0 Å². The van der Waals surface area contributed by atoms with Gasteiger partial charge in [0.2, 0.25) is 0 Å². The Kier molecular flexibility index (Phi) is 4.74. The molecule has 0 saturated heterocycles. The van der Waals surface area contributed by atoms with Gasteiger partial charge in [0.1, 0.15) is 5.60 Å². The van der Waals surface area contributed by atoms with Crippen LogP contribution in [-0.2, 0) is 9.53 Å². The van der Waals surface area contributed by atoms with Crippen molar-refractivity contribution in [2.75, 3.05) is 13.1 Å². The number of aliphatic hydroxyl groups excluding tert-OH is 1. The van der Waals surface area contributed by atoms with Gasteiger partial charge in [0.05, 0.1) is 12.6 Å². The third-order valence-electron chi connectivity index (χ3n) is 2.64. The van der Waals surface area contributed by atoms with Crippen LogP contribution < -0.4 is 5.32 Å². The van der Waals surface area contributed by atoms with Crippen LogP contribution >= 0.6 is 0 Å². The molecule has 0 spiro atoms. The lowest BCUT2D eigenvalue weighted by molar-refractivity contribution is -0.153. The SMILES string of the molecule is CC(C)(C)OC(=O)CNCC1CCC(O)C1. The summed E-state index contributed by atoms with van der Waals surface area (Å²) in [6, 6.07) is 0. The van der Waals surface area contributed by atoms with Gasteiger partial charge in [-0.2, -0.15) is 0 Å². The van der Waals surface area contributed by atoms with Crippen molar-refractivity contribution >= 4 is 5.97 Å². The summed E-state index contributed by atoms with van der Waals surface area (Å²) in [6.45, 7) is 6.62. The Labute approximate surface area is 97.4 Å². The second-order valence-corrected chi connectivity index (χ2v) is 5.55. The molecule has 1 rings (SSSR count). The molecule has 4 heteroatoms. The second kappa shape index (κ2) is 5.64. The summed E-state index contributed by atoms with van der Waals surface area (Å²) in [5.41, 5.74) is -0.414. The van der Waals surface area contributed by atoms with E-state index < -0.39 is 5.60 Å². The molecule has 94 valence electrons. The zero-order valence-corrected chi connectivity index (χ0v) is 10.5. The van der Waals surface area contributed by atoms with E-state index in [2.05, 4.69) is 5.32 Å². The van der Waals surface area contributed by atoms with Gasteiger partial charge in [-0.05, 0) is 52.5 Å². The molecule has 0 bridgehead atoms. The Hall–Kier alpha value is -0.610. The molecule has 4 nitrogen and oxygen atoms in total. The molecule has 0 aromatic carbocycles. The van der Waals surface area contributed by atoms with Crippen LogP contribution in [0, 0.1) is 5.92 Å². The first kappa shape index (κ1) is 13.5. The van der Waals surface area contributed by atoms with E-state index in [9.17, 15) is 9.90 Å². The Morgan fingerprint density at radius 2 is 2.12 bits per heavy atom. The monoisotopic (exact) mass is 229 g/mol. The minimum Gasteiger partial charge on any atom is -0.459 e. The van der Waals surface area contributed by atoms with Crippen LogP contribution in [0.1, 0.15) is 40.0 Å². The number of esters is 1. The van der Waals surface area contributed by atoms with E-state index in [1.165, 1.54) is 0 Å². The van der Waals surface area contributed by atoms with Gasteiger partial charge in [-0.1, -0.05) is 0 Å². The molecule has 0 aliphatic heterocycles. The van der Waals surface area contributed by atoms with E-state index in [0.717, 1.165) is 25.8 Å². The molecular weight excluding hydrogens is 206 g/mol. The number of rotatable bonds is 4. The molecule has 0 aromatic rings. The summed E-state index contributed by atoms with van der Waals surface area (Å²) in [5, 5.41) is 12.4. The van der Waals surface area contributed by atoms with Crippen LogP contribution in [0.4, 0.5) is 0 Å². The fourth-order valence-corrected chi connectivity index (χ4v) is 1.99. The lowest BCUT2D eigenvalue weighted by atomic mass is 10.1. The molecule has 1 saturated carbocycles. The molecule has 1 aliphatic rings. The number of carbonyl (C=O) groups is 1. The van der Waals surface area contributed by atoms with Crippen molar-refractivity contribution in [2.24, 2.45) is 5.92 Å². The second-order valence-electron chi connectivity index (χ2n) is 5.55. The number of ether oxygens (including phenoxy) is 1. The largest absolute Gasteiger partial charge is 0.459 e. The first-order chi connectivity index (χ1) is 7.37. The van der Waals surface area contributed by atoms with Crippen LogP contribution in [0.2, 0.25) is 0 Å².